The van der Waals surface area contributed by atoms with Crippen LogP contribution in [-0.4, -0.2) is 16.3 Å². The first kappa shape index (κ1) is 14.4. The zero-order valence-corrected chi connectivity index (χ0v) is 11.7. The van der Waals surface area contributed by atoms with E-state index in [2.05, 4.69) is 10.4 Å². The average molecular weight is 275 g/mol. The van der Waals surface area contributed by atoms with Gasteiger partial charge in [-0.15, -0.1) is 0 Å². The molecule has 0 aliphatic rings. The highest BCUT2D eigenvalue weighted by Crippen LogP contribution is 2.17. The van der Waals surface area contributed by atoms with Crippen LogP contribution < -0.4 is 10.9 Å². The molecule has 0 atom stereocenters. The van der Waals surface area contributed by atoms with Gasteiger partial charge in [-0.25, -0.2) is 9.07 Å². The molecule has 5 heteroatoms. The van der Waals surface area contributed by atoms with E-state index in [1.54, 1.807) is 18.2 Å². The molecule has 0 unspecified atom stereocenters. The molecule has 20 heavy (non-hydrogen) atoms. The first-order valence-corrected chi connectivity index (χ1v) is 6.73. The van der Waals surface area contributed by atoms with Gasteiger partial charge in [0.2, 0.25) is 0 Å². The van der Waals surface area contributed by atoms with Crippen LogP contribution in [-0.2, 0) is 13.1 Å². The third-order valence-corrected chi connectivity index (χ3v) is 3.05. The topological polar surface area (TPSA) is 46.9 Å². The van der Waals surface area contributed by atoms with Crippen molar-refractivity contribution in [1.82, 2.24) is 15.1 Å². The molecule has 0 saturated heterocycles. The Balaban J connectivity index is 2.47. The smallest absolute Gasteiger partial charge is 0.271 e. The standard InChI is InChI=1S/C15H18FN3O/c1-3-17-10-12-9-14(18-19(4-2)15(12)20)11-5-7-13(16)8-6-11/h5-9,17H,3-4,10H2,1-2H3. The summed E-state index contributed by atoms with van der Waals surface area (Å²) in [5, 5.41) is 7.46. The molecule has 1 N–H and O–H groups in total. The van der Waals surface area contributed by atoms with Crippen molar-refractivity contribution in [2.75, 3.05) is 6.54 Å². The van der Waals surface area contributed by atoms with Gasteiger partial charge in [-0.1, -0.05) is 6.92 Å². The Labute approximate surface area is 117 Å². The van der Waals surface area contributed by atoms with Crippen molar-refractivity contribution in [1.29, 1.82) is 0 Å². The van der Waals surface area contributed by atoms with Gasteiger partial charge in [0.1, 0.15) is 5.82 Å². The molecule has 106 valence electrons. The van der Waals surface area contributed by atoms with E-state index >= 15 is 0 Å². The minimum atomic E-state index is -0.287. The summed E-state index contributed by atoms with van der Waals surface area (Å²) in [6, 6.07) is 7.88. The van der Waals surface area contributed by atoms with Crippen molar-refractivity contribution in [2.45, 2.75) is 26.9 Å². The summed E-state index contributed by atoms with van der Waals surface area (Å²) in [5.74, 6) is -0.287. The van der Waals surface area contributed by atoms with Crippen molar-refractivity contribution in [3.05, 3.63) is 52.1 Å². The van der Waals surface area contributed by atoms with E-state index in [9.17, 15) is 9.18 Å². The van der Waals surface area contributed by atoms with Crippen LogP contribution in [0.15, 0.2) is 35.1 Å². The van der Waals surface area contributed by atoms with Crippen LogP contribution in [0.5, 0.6) is 0 Å². The van der Waals surface area contributed by atoms with Gasteiger partial charge in [0.05, 0.1) is 5.69 Å². The number of hydrogen-bond donors (Lipinski definition) is 1. The molecule has 0 saturated carbocycles. The Bertz CT molecular complexity index is 635. The highest BCUT2D eigenvalue weighted by molar-refractivity contribution is 5.58. The lowest BCUT2D eigenvalue weighted by molar-refractivity contribution is 0.600. The number of nitrogens with zero attached hydrogens (tertiary/aromatic N) is 2. The van der Waals surface area contributed by atoms with Gasteiger partial charge in [-0.2, -0.15) is 5.10 Å². The van der Waals surface area contributed by atoms with Crippen LogP contribution in [0.4, 0.5) is 4.39 Å². The van der Waals surface area contributed by atoms with Gasteiger partial charge in [0, 0.05) is 24.2 Å². The molecule has 0 aliphatic heterocycles. The summed E-state index contributed by atoms with van der Waals surface area (Å²) in [6.45, 7) is 5.67. The fourth-order valence-corrected chi connectivity index (χ4v) is 1.96. The Kier molecular flexibility index (Phi) is 4.63. The monoisotopic (exact) mass is 275 g/mol. The summed E-state index contributed by atoms with van der Waals surface area (Å²) in [5.41, 5.74) is 2.06. The third kappa shape index (κ3) is 3.11. The van der Waals surface area contributed by atoms with Gasteiger partial charge in [0.25, 0.3) is 5.56 Å². The van der Waals surface area contributed by atoms with Gasteiger partial charge in [-0.05, 0) is 43.8 Å². The van der Waals surface area contributed by atoms with Crippen LogP contribution in [0.2, 0.25) is 0 Å². The van der Waals surface area contributed by atoms with Gasteiger partial charge < -0.3 is 5.32 Å². The maximum absolute atomic E-state index is 13.0. The maximum Gasteiger partial charge on any atom is 0.271 e. The first-order chi connectivity index (χ1) is 9.65. The molecule has 0 radical (unpaired) electrons. The van der Waals surface area contributed by atoms with Crippen molar-refractivity contribution in [3.8, 4) is 11.3 Å². The van der Waals surface area contributed by atoms with E-state index in [-0.39, 0.29) is 11.4 Å². The fourth-order valence-electron chi connectivity index (χ4n) is 1.96. The van der Waals surface area contributed by atoms with E-state index < -0.39 is 0 Å². The molecule has 0 spiro atoms. The molecule has 1 heterocycles. The van der Waals surface area contributed by atoms with E-state index in [4.69, 9.17) is 0 Å². The van der Waals surface area contributed by atoms with Crippen LogP contribution in [0.1, 0.15) is 19.4 Å². The van der Waals surface area contributed by atoms with E-state index in [1.807, 2.05) is 13.8 Å². The number of aromatic nitrogens is 2. The Morgan fingerprint density at radius 1 is 1.25 bits per heavy atom. The second-order valence-corrected chi connectivity index (χ2v) is 4.46. The SMILES string of the molecule is CCNCc1cc(-c2ccc(F)cc2)nn(CC)c1=O. The average Bonchev–Trinajstić information content (AvgIpc) is 2.47. The molecule has 4 nitrogen and oxygen atoms in total. The van der Waals surface area contributed by atoms with Crippen molar-refractivity contribution in [3.63, 3.8) is 0 Å². The minimum Gasteiger partial charge on any atom is -0.313 e. The molecular weight excluding hydrogens is 257 g/mol. The molecule has 1 aromatic carbocycles. The van der Waals surface area contributed by atoms with E-state index in [0.717, 1.165) is 12.1 Å². The van der Waals surface area contributed by atoms with Crippen LogP contribution in [0.25, 0.3) is 11.3 Å². The lowest BCUT2D eigenvalue weighted by Gasteiger charge is -2.09. The number of aryl methyl sites for hydroxylation is 1. The number of nitrogens with one attached hydrogen (secondary N) is 1. The normalized spacial score (nSPS) is 10.8. The zero-order chi connectivity index (χ0) is 14.5. The molecule has 2 aromatic rings. The highest BCUT2D eigenvalue weighted by Gasteiger charge is 2.09. The lowest BCUT2D eigenvalue weighted by atomic mass is 10.1. The molecule has 0 fully saturated rings. The number of benzene rings is 1. The summed E-state index contributed by atoms with van der Waals surface area (Å²) in [7, 11) is 0. The second-order valence-electron chi connectivity index (χ2n) is 4.46. The minimum absolute atomic E-state index is 0.0840. The summed E-state index contributed by atoms with van der Waals surface area (Å²) < 4.78 is 14.4. The summed E-state index contributed by atoms with van der Waals surface area (Å²) in [6.07, 6.45) is 0. The second kappa shape index (κ2) is 6.43. The maximum atomic E-state index is 13.0. The van der Waals surface area contributed by atoms with E-state index in [0.29, 0.717) is 24.3 Å². The van der Waals surface area contributed by atoms with Crippen LogP contribution in [0, 0.1) is 5.82 Å². The summed E-state index contributed by atoms with van der Waals surface area (Å²) in [4.78, 5) is 12.1. The van der Waals surface area contributed by atoms with Crippen LogP contribution in [0.3, 0.4) is 0 Å². The largest absolute Gasteiger partial charge is 0.313 e. The number of halogens is 1. The first-order valence-electron chi connectivity index (χ1n) is 6.73. The molecule has 0 bridgehead atoms. The van der Waals surface area contributed by atoms with E-state index in [1.165, 1.54) is 16.8 Å². The third-order valence-electron chi connectivity index (χ3n) is 3.05. The Morgan fingerprint density at radius 2 is 1.95 bits per heavy atom. The van der Waals surface area contributed by atoms with Crippen molar-refractivity contribution < 1.29 is 4.39 Å². The molecule has 2 rings (SSSR count). The molecular formula is C15H18FN3O. The Hall–Kier alpha value is -2.01. The molecule has 0 amide bonds. The van der Waals surface area contributed by atoms with Crippen molar-refractivity contribution in [2.24, 2.45) is 0 Å². The van der Waals surface area contributed by atoms with Gasteiger partial charge in [0.15, 0.2) is 0 Å². The summed E-state index contributed by atoms with van der Waals surface area (Å²) >= 11 is 0. The van der Waals surface area contributed by atoms with Crippen LogP contribution >= 0.6 is 0 Å². The number of rotatable bonds is 5. The number of hydrogen-bond acceptors (Lipinski definition) is 3. The zero-order valence-electron chi connectivity index (χ0n) is 11.7. The lowest BCUT2D eigenvalue weighted by Crippen LogP contribution is -2.29. The Morgan fingerprint density at radius 3 is 2.55 bits per heavy atom. The van der Waals surface area contributed by atoms with Gasteiger partial charge >= 0.3 is 0 Å². The highest BCUT2D eigenvalue weighted by atomic mass is 19.1. The fraction of sp³-hybridized carbons (Fsp3) is 0.333. The van der Waals surface area contributed by atoms with Gasteiger partial charge in [-0.3, -0.25) is 4.79 Å². The predicted molar refractivity (Wildman–Crippen MR) is 76.9 cm³/mol. The molecule has 1 aromatic heterocycles. The molecule has 0 aliphatic carbocycles. The predicted octanol–water partition coefficient (Wildman–Crippen LogP) is 2.18. The quantitative estimate of drug-likeness (QED) is 0.909. The van der Waals surface area contributed by atoms with Crippen molar-refractivity contribution >= 4 is 0 Å².